The normalized spacial score (nSPS) is 18.7. The Kier molecular flexibility index (Phi) is 6.93. The average Bonchev–Trinajstić information content (AvgIpc) is 2.04. The van der Waals surface area contributed by atoms with Crippen molar-refractivity contribution in [1.29, 1.82) is 0 Å². The molecule has 0 amide bonds. The molecule has 0 bridgehead atoms. The summed E-state index contributed by atoms with van der Waals surface area (Å²) in [5, 5.41) is 0. The van der Waals surface area contributed by atoms with Crippen molar-refractivity contribution in [3.05, 3.63) is 0 Å². The second-order valence-electron chi connectivity index (χ2n) is 4.64. The molecule has 0 heterocycles. The minimum Gasteiger partial charge on any atom is -0.165 e. The molecule has 0 rings (SSSR count). The molecule has 0 spiro atoms. The van der Waals surface area contributed by atoms with Crippen LogP contribution in [0.15, 0.2) is 0 Å². The quantitative estimate of drug-likeness (QED) is 0.618. The third-order valence-corrected chi connectivity index (χ3v) is 4.02. The molecule has 0 N–H and O–H groups in total. The zero-order valence-corrected chi connectivity index (χ0v) is 10.9. The number of rotatable bonds is 6. The first-order chi connectivity index (χ1) is 6.04. The third kappa shape index (κ3) is 4.39. The van der Waals surface area contributed by atoms with Crippen LogP contribution < -0.4 is 0 Å². The topological polar surface area (TPSA) is 0 Å². The molecule has 0 saturated heterocycles. The molecule has 0 aromatic carbocycles. The van der Waals surface area contributed by atoms with Crippen molar-refractivity contribution < 1.29 is 0 Å². The van der Waals surface area contributed by atoms with Crippen LogP contribution in [0.3, 0.4) is 0 Å². The standard InChI is InChI=1S/C12H26S/c1-7-10(4)12(9(2)3)11(5)8-13-6/h9-12H,7-8H2,1-6H3. The van der Waals surface area contributed by atoms with Crippen LogP contribution in [0.25, 0.3) is 0 Å². The van der Waals surface area contributed by atoms with Gasteiger partial charge in [-0.25, -0.2) is 0 Å². The summed E-state index contributed by atoms with van der Waals surface area (Å²) >= 11 is 1.98. The van der Waals surface area contributed by atoms with E-state index in [2.05, 4.69) is 40.9 Å². The van der Waals surface area contributed by atoms with Gasteiger partial charge < -0.3 is 0 Å². The number of hydrogen-bond donors (Lipinski definition) is 0. The van der Waals surface area contributed by atoms with Crippen LogP contribution >= 0.6 is 11.8 Å². The van der Waals surface area contributed by atoms with Gasteiger partial charge in [-0.15, -0.1) is 0 Å². The highest BCUT2D eigenvalue weighted by atomic mass is 32.2. The lowest BCUT2D eigenvalue weighted by atomic mass is 9.76. The first-order valence-electron chi connectivity index (χ1n) is 5.53. The fourth-order valence-corrected chi connectivity index (χ4v) is 3.27. The molecule has 0 aliphatic rings. The maximum absolute atomic E-state index is 2.41. The molecule has 3 unspecified atom stereocenters. The summed E-state index contributed by atoms with van der Waals surface area (Å²) < 4.78 is 0. The molecule has 0 saturated carbocycles. The molecule has 0 aliphatic heterocycles. The van der Waals surface area contributed by atoms with E-state index in [-0.39, 0.29) is 0 Å². The monoisotopic (exact) mass is 202 g/mol. The molecule has 0 radical (unpaired) electrons. The summed E-state index contributed by atoms with van der Waals surface area (Å²) in [6.07, 6.45) is 3.53. The summed E-state index contributed by atoms with van der Waals surface area (Å²) in [6.45, 7) is 11.9. The maximum Gasteiger partial charge on any atom is -0.00417 e. The van der Waals surface area contributed by atoms with Gasteiger partial charge in [-0.3, -0.25) is 0 Å². The van der Waals surface area contributed by atoms with Crippen molar-refractivity contribution in [3.63, 3.8) is 0 Å². The van der Waals surface area contributed by atoms with Gasteiger partial charge in [0.2, 0.25) is 0 Å². The number of hydrogen-bond acceptors (Lipinski definition) is 1. The van der Waals surface area contributed by atoms with Gasteiger partial charge in [-0.2, -0.15) is 11.8 Å². The highest BCUT2D eigenvalue weighted by molar-refractivity contribution is 7.98. The van der Waals surface area contributed by atoms with Gasteiger partial charge in [-0.05, 0) is 35.7 Å². The van der Waals surface area contributed by atoms with E-state index in [9.17, 15) is 0 Å². The van der Waals surface area contributed by atoms with Crippen molar-refractivity contribution >= 4 is 11.8 Å². The Bertz CT molecular complexity index is 120. The van der Waals surface area contributed by atoms with E-state index in [1.807, 2.05) is 11.8 Å². The largest absolute Gasteiger partial charge is 0.165 e. The second kappa shape index (κ2) is 6.75. The zero-order chi connectivity index (χ0) is 10.4. The van der Waals surface area contributed by atoms with Crippen molar-refractivity contribution in [2.75, 3.05) is 12.0 Å². The predicted octanol–water partition coefficient (Wildman–Crippen LogP) is 4.30. The molecular formula is C12H26S. The van der Waals surface area contributed by atoms with Crippen LogP contribution in [0, 0.1) is 23.7 Å². The Labute approximate surface area is 88.9 Å². The van der Waals surface area contributed by atoms with Crippen molar-refractivity contribution in [3.8, 4) is 0 Å². The van der Waals surface area contributed by atoms with E-state index in [0.717, 1.165) is 23.7 Å². The lowest BCUT2D eigenvalue weighted by molar-refractivity contribution is 0.197. The Morgan fingerprint density at radius 1 is 1.00 bits per heavy atom. The van der Waals surface area contributed by atoms with E-state index in [0.29, 0.717) is 0 Å². The molecule has 0 aromatic rings. The van der Waals surface area contributed by atoms with Crippen molar-refractivity contribution in [2.45, 2.75) is 41.0 Å². The van der Waals surface area contributed by atoms with Gasteiger partial charge in [0, 0.05) is 0 Å². The van der Waals surface area contributed by atoms with E-state index in [1.54, 1.807) is 0 Å². The second-order valence-corrected chi connectivity index (χ2v) is 5.55. The molecule has 0 fully saturated rings. The molecule has 3 atom stereocenters. The molecule has 0 nitrogen and oxygen atoms in total. The molecule has 13 heavy (non-hydrogen) atoms. The highest BCUT2D eigenvalue weighted by Crippen LogP contribution is 2.32. The smallest absolute Gasteiger partial charge is 0.00417 e. The van der Waals surface area contributed by atoms with Crippen LogP contribution in [-0.2, 0) is 0 Å². The van der Waals surface area contributed by atoms with Crippen LogP contribution in [0.4, 0.5) is 0 Å². The van der Waals surface area contributed by atoms with Crippen LogP contribution in [0.5, 0.6) is 0 Å². The van der Waals surface area contributed by atoms with Crippen LogP contribution in [0.2, 0.25) is 0 Å². The Morgan fingerprint density at radius 2 is 1.54 bits per heavy atom. The lowest BCUT2D eigenvalue weighted by Gasteiger charge is -2.32. The van der Waals surface area contributed by atoms with E-state index < -0.39 is 0 Å². The molecule has 0 aromatic heterocycles. The maximum atomic E-state index is 2.41. The Morgan fingerprint density at radius 3 is 1.85 bits per heavy atom. The number of thioether (sulfide) groups is 1. The van der Waals surface area contributed by atoms with Gasteiger partial charge in [0.25, 0.3) is 0 Å². The first kappa shape index (κ1) is 13.4. The van der Waals surface area contributed by atoms with Gasteiger partial charge in [-0.1, -0.05) is 41.0 Å². The molecule has 80 valence electrons. The zero-order valence-electron chi connectivity index (χ0n) is 10.1. The summed E-state index contributed by atoms with van der Waals surface area (Å²) in [6, 6.07) is 0. The lowest BCUT2D eigenvalue weighted by Crippen LogP contribution is -2.26. The highest BCUT2D eigenvalue weighted by Gasteiger charge is 2.24. The van der Waals surface area contributed by atoms with Crippen molar-refractivity contribution in [1.82, 2.24) is 0 Å². The van der Waals surface area contributed by atoms with Gasteiger partial charge in [0.15, 0.2) is 0 Å². The third-order valence-electron chi connectivity index (χ3n) is 3.16. The van der Waals surface area contributed by atoms with E-state index in [4.69, 9.17) is 0 Å². The summed E-state index contributed by atoms with van der Waals surface area (Å²) in [5.41, 5.74) is 0. The average molecular weight is 202 g/mol. The Balaban J connectivity index is 4.22. The van der Waals surface area contributed by atoms with Crippen molar-refractivity contribution in [2.24, 2.45) is 23.7 Å². The fraction of sp³-hybridized carbons (Fsp3) is 1.00. The molecule has 0 aliphatic carbocycles. The predicted molar refractivity (Wildman–Crippen MR) is 65.3 cm³/mol. The SMILES string of the molecule is CCC(C)C(C(C)C)C(C)CSC. The van der Waals surface area contributed by atoms with E-state index in [1.165, 1.54) is 12.2 Å². The fourth-order valence-electron chi connectivity index (χ4n) is 2.52. The molecule has 1 heteroatoms. The van der Waals surface area contributed by atoms with Crippen LogP contribution in [0.1, 0.15) is 41.0 Å². The van der Waals surface area contributed by atoms with Crippen LogP contribution in [-0.4, -0.2) is 12.0 Å². The Hall–Kier alpha value is 0.350. The van der Waals surface area contributed by atoms with E-state index >= 15 is 0 Å². The molecular weight excluding hydrogens is 176 g/mol. The summed E-state index contributed by atoms with van der Waals surface area (Å²) in [4.78, 5) is 0. The first-order valence-corrected chi connectivity index (χ1v) is 6.92. The minimum atomic E-state index is 0.831. The summed E-state index contributed by atoms with van der Waals surface area (Å²) in [7, 11) is 0. The van der Waals surface area contributed by atoms with Gasteiger partial charge in [0.1, 0.15) is 0 Å². The van der Waals surface area contributed by atoms with Gasteiger partial charge >= 0.3 is 0 Å². The van der Waals surface area contributed by atoms with Gasteiger partial charge in [0.05, 0.1) is 0 Å². The minimum absolute atomic E-state index is 0.831. The summed E-state index contributed by atoms with van der Waals surface area (Å²) in [5.74, 6) is 4.79.